The van der Waals surface area contributed by atoms with E-state index in [-0.39, 0.29) is 16.2 Å². The van der Waals surface area contributed by atoms with E-state index in [2.05, 4.69) is 4.98 Å². The summed E-state index contributed by atoms with van der Waals surface area (Å²) in [6, 6.07) is 11.2. The van der Waals surface area contributed by atoms with Gasteiger partial charge in [0.2, 0.25) is 0 Å². The maximum atomic E-state index is 12.1. The first-order chi connectivity index (χ1) is 10.0. The van der Waals surface area contributed by atoms with Gasteiger partial charge in [0.05, 0.1) is 21.9 Å². The number of aromatic carboxylic acids is 1. The number of rotatable bonds is 6. The molecule has 0 unspecified atom stereocenters. The topological polar surface area (TPSA) is 84.3 Å². The van der Waals surface area contributed by atoms with Gasteiger partial charge < -0.3 is 5.11 Å². The zero-order chi connectivity index (χ0) is 15.3. The van der Waals surface area contributed by atoms with Crippen LogP contribution in [-0.2, 0) is 16.3 Å². The highest BCUT2D eigenvalue weighted by Crippen LogP contribution is 2.14. The van der Waals surface area contributed by atoms with Crippen molar-refractivity contribution in [2.45, 2.75) is 17.7 Å². The van der Waals surface area contributed by atoms with E-state index in [0.717, 1.165) is 0 Å². The number of hydrogen-bond acceptors (Lipinski definition) is 4. The summed E-state index contributed by atoms with van der Waals surface area (Å²) in [7, 11) is -3.34. The molecule has 0 spiro atoms. The van der Waals surface area contributed by atoms with Gasteiger partial charge in [0, 0.05) is 6.20 Å². The molecule has 0 saturated carbocycles. The number of aromatic nitrogens is 1. The normalized spacial score (nSPS) is 11.2. The Morgan fingerprint density at radius 1 is 1.10 bits per heavy atom. The third-order valence-corrected chi connectivity index (χ3v) is 4.87. The Morgan fingerprint density at radius 2 is 1.81 bits per heavy atom. The number of carboxylic acid groups (broad SMARTS) is 1. The molecule has 0 radical (unpaired) electrons. The number of carbonyl (C=O) groups is 1. The van der Waals surface area contributed by atoms with Crippen molar-refractivity contribution in [3.05, 3.63) is 59.9 Å². The first-order valence-electron chi connectivity index (χ1n) is 6.46. The van der Waals surface area contributed by atoms with Gasteiger partial charge in [-0.25, -0.2) is 13.2 Å². The van der Waals surface area contributed by atoms with Gasteiger partial charge in [-0.3, -0.25) is 4.98 Å². The number of carboxylic acids is 1. The van der Waals surface area contributed by atoms with Crippen LogP contribution >= 0.6 is 0 Å². The summed E-state index contributed by atoms with van der Waals surface area (Å²) in [4.78, 5) is 15.3. The molecule has 0 aliphatic heterocycles. The van der Waals surface area contributed by atoms with Crippen molar-refractivity contribution in [2.24, 2.45) is 0 Å². The standard InChI is InChI=1S/C15H15NO4S/c17-15(18)13-8-4-10-16-14(13)9-5-11-21(19,20)12-6-2-1-3-7-12/h1-4,6-8,10H,5,9,11H2,(H,17,18). The molecule has 1 heterocycles. The molecule has 1 aromatic carbocycles. The second kappa shape index (κ2) is 6.49. The van der Waals surface area contributed by atoms with Crippen LogP contribution < -0.4 is 0 Å². The van der Waals surface area contributed by atoms with E-state index in [1.54, 1.807) is 36.4 Å². The Morgan fingerprint density at radius 3 is 2.48 bits per heavy atom. The molecule has 21 heavy (non-hydrogen) atoms. The summed E-state index contributed by atoms with van der Waals surface area (Å²) in [5.41, 5.74) is 0.530. The van der Waals surface area contributed by atoms with Crippen molar-refractivity contribution >= 4 is 15.8 Å². The largest absolute Gasteiger partial charge is 0.478 e. The monoisotopic (exact) mass is 305 g/mol. The lowest BCUT2D eigenvalue weighted by atomic mass is 10.1. The van der Waals surface area contributed by atoms with E-state index in [1.165, 1.54) is 12.3 Å². The van der Waals surface area contributed by atoms with E-state index in [4.69, 9.17) is 5.11 Å². The van der Waals surface area contributed by atoms with Crippen LogP contribution in [0.1, 0.15) is 22.5 Å². The molecular weight excluding hydrogens is 290 g/mol. The quantitative estimate of drug-likeness (QED) is 0.884. The second-order valence-corrected chi connectivity index (χ2v) is 6.65. The first kappa shape index (κ1) is 15.2. The summed E-state index contributed by atoms with van der Waals surface area (Å²) in [5, 5.41) is 9.04. The average molecular weight is 305 g/mol. The fraction of sp³-hybridized carbons (Fsp3) is 0.200. The molecule has 0 fully saturated rings. The van der Waals surface area contributed by atoms with Crippen LogP contribution in [0.5, 0.6) is 0 Å². The van der Waals surface area contributed by atoms with Crippen molar-refractivity contribution in [1.29, 1.82) is 0 Å². The maximum Gasteiger partial charge on any atom is 0.337 e. The van der Waals surface area contributed by atoms with Crippen LogP contribution in [0.25, 0.3) is 0 Å². The minimum atomic E-state index is -3.34. The Balaban J connectivity index is 2.04. The van der Waals surface area contributed by atoms with E-state index < -0.39 is 15.8 Å². The van der Waals surface area contributed by atoms with Gasteiger partial charge in [0.25, 0.3) is 0 Å². The number of pyridine rings is 1. The zero-order valence-corrected chi connectivity index (χ0v) is 12.1. The Hall–Kier alpha value is -2.21. The Bertz CT molecular complexity index is 726. The van der Waals surface area contributed by atoms with Crippen molar-refractivity contribution in [3.8, 4) is 0 Å². The molecule has 0 bridgehead atoms. The molecule has 6 heteroatoms. The number of nitrogens with zero attached hydrogens (tertiary/aromatic N) is 1. The van der Waals surface area contributed by atoms with Gasteiger partial charge in [0.1, 0.15) is 0 Å². The smallest absolute Gasteiger partial charge is 0.337 e. The average Bonchev–Trinajstić information content (AvgIpc) is 2.48. The number of benzene rings is 1. The minimum absolute atomic E-state index is 0.0351. The number of sulfone groups is 1. The molecule has 0 aliphatic carbocycles. The van der Waals surface area contributed by atoms with Crippen LogP contribution in [0.3, 0.4) is 0 Å². The highest BCUT2D eigenvalue weighted by Gasteiger charge is 2.15. The lowest BCUT2D eigenvalue weighted by Crippen LogP contribution is -2.10. The second-order valence-electron chi connectivity index (χ2n) is 4.54. The fourth-order valence-corrected chi connectivity index (χ4v) is 3.34. The van der Waals surface area contributed by atoms with Crippen molar-refractivity contribution in [3.63, 3.8) is 0 Å². The summed E-state index contributed by atoms with van der Waals surface area (Å²) in [6.45, 7) is 0. The number of aryl methyl sites for hydroxylation is 1. The minimum Gasteiger partial charge on any atom is -0.478 e. The van der Waals surface area contributed by atoms with E-state index in [0.29, 0.717) is 18.5 Å². The maximum absolute atomic E-state index is 12.1. The van der Waals surface area contributed by atoms with Crippen molar-refractivity contribution in [1.82, 2.24) is 4.98 Å². The summed E-state index contributed by atoms with van der Waals surface area (Å²) in [6.07, 6.45) is 2.15. The van der Waals surface area contributed by atoms with Crippen LogP contribution in [0.4, 0.5) is 0 Å². The molecule has 0 amide bonds. The van der Waals surface area contributed by atoms with Crippen LogP contribution in [0, 0.1) is 0 Å². The SMILES string of the molecule is O=C(O)c1cccnc1CCCS(=O)(=O)c1ccccc1. The van der Waals surface area contributed by atoms with E-state index in [9.17, 15) is 13.2 Å². The number of hydrogen-bond donors (Lipinski definition) is 1. The summed E-state index contributed by atoms with van der Waals surface area (Å²) >= 11 is 0. The van der Waals surface area contributed by atoms with Gasteiger partial charge in [-0.1, -0.05) is 18.2 Å². The first-order valence-corrected chi connectivity index (χ1v) is 8.11. The van der Waals surface area contributed by atoms with Gasteiger partial charge in [-0.05, 0) is 37.1 Å². The fourth-order valence-electron chi connectivity index (χ4n) is 2.01. The molecule has 0 saturated heterocycles. The molecule has 2 rings (SSSR count). The van der Waals surface area contributed by atoms with Crippen molar-refractivity contribution in [2.75, 3.05) is 5.75 Å². The zero-order valence-electron chi connectivity index (χ0n) is 11.3. The molecule has 5 nitrogen and oxygen atoms in total. The van der Waals surface area contributed by atoms with Gasteiger partial charge in [-0.2, -0.15) is 0 Å². The van der Waals surface area contributed by atoms with Crippen LogP contribution in [-0.4, -0.2) is 30.2 Å². The molecule has 1 aromatic heterocycles. The summed E-state index contributed by atoms with van der Waals surface area (Å²) < 4.78 is 24.2. The molecule has 1 N–H and O–H groups in total. The van der Waals surface area contributed by atoms with E-state index >= 15 is 0 Å². The molecular formula is C15H15NO4S. The predicted molar refractivity (Wildman–Crippen MR) is 78.0 cm³/mol. The molecule has 0 atom stereocenters. The molecule has 110 valence electrons. The lowest BCUT2D eigenvalue weighted by Gasteiger charge is -2.06. The van der Waals surface area contributed by atoms with E-state index in [1.807, 2.05) is 0 Å². The van der Waals surface area contributed by atoms with Gasteiger partial charge >= 0.3 is 5.97 Å². The van der Waals surface area contributed by atoms with Crippen LogP contribution in [0.15, 0.2) is 53.6 Å². The Labute approximate surface area is 123 Å². The highest BCUT2D eigenvalue weighted by molar-refractivity contribution is 7.91. The predicted octanol–water partition coefficient (Wildman–Crippen LogP) is 2.19. The molecule has 0 aliphatic rings. The summed E-state index contributed by atoms with van der Waals surface area (Å²) in [5.74, 6) is -1.09. The third kappa shape index (κ3) is 3.88. The highest BCUT2D eigenvalue weighted by atomic mass is 32.2. The van der Waals surface area contributed by atoms with Crippen LogP contribution in [0.2, 0.25) is 0 Å². The Kier molecular flexibility index (Phi) is 4.70. The van der Waals surface area contributed by atoms with Gasteiger partial charge in [-0.15, -0.1) is 0 Å². The van der Waals surface area contributed by atoms with Gasteiger partial charge in [0.15, 0.2) is 9.84 Å². The third-order valence-electron chi connectivity index (χ3n) is 3.05. The lowest BCUT2D eigenvalue weighted by molar-refractivity contribution is 0.0695. The van der Waals surface area contributed by atoms with Crippen molar-refractivity contribution < 1.29 is 18.3 Å². The molecule has 2 aromatic rings.